The molecule has 2 fully saturated rings. The van der Waals surface area contributed by atoms with E-state index in [0.717, 1.165) is 79.5 Å². The Labute approximate surface area is 236 Å². The Morgan fingerprint density at radius 2 is 1.95 bits per heavy atom. The molecule has 1 N–H and O–H groups in total. The largest absolute Gasteiger partial charge is 0.462 e. The van der Waals surface area contributed by atoms with Crippen LogP contribution in [0.2, 0.25) is 0 Å². The number of pyridine rings is 1. The monoisotopic (exact) mass is 546 g/mol. The number of benzene rings is 1. The first kappa shape index (κ1) is 28.1. The number of H-pyrrole nitrogens is 1. The van der Waals surface area contributed by atoms with Gasteiger partial charge in [0.25, 0.3) is 5.56 Å². The molecule has 2 atom stereocenters. The highest BCUT2D eigenvalue weighted by Crippen LogP contribution is 2.30. The van der Waals surface area contributed by atoms with Crippen molar-refractivity contribution in [3.05, 3.63) is 51.9 Å². The second-order valence-electron chi connectivity index (χ2n) is 12.3. The molecule has 2 aliphatic rings. The van der Waals surface area contributed by atoms with Gasteiger partial charge in [-0.2, -0.15) is 0 Å². The van der Waals surface area contributed by atoms with E-state index < -0.39 is 0 Å². The minimum absolute atomic E-state index is 0.0437. The van der Waals surface area contributed by atoms with Gasteiger partial charge in [-0.25, -0.2) is 4.98 Å². The smallest absolute Gasteiger partial charge is 0.309 e. The molecule has 3 heterocycles. The fourth-order valence-corrected chi connectivity index (χ4v) is 6.31. The van der Waals surface area contributed by atoms with Crippen molar-refractivity contribution >= 4 is 22.9 Å². The van der Waals surface area contributed by atoms with Crippen LogP contribution in [0.3, 0.4) is 0 Å². The molecule has 5 rings (SSSR count). The lowest BCUT2D eigenvalue weighted by atomic mass is 9.91. The first-order valence-corrected chi connectivity index (χ1v) is 14.8. The van der Waals surface area contributed by atoms with Crippen molar-refractivity contribution in [2.24, 2.45) is 17.8 Å². The standard InChI is InChI=1S/C32H42N4O4/c1-20(2)13-24(32(39)40-26-7-5-6-8-26)11-9-22-10-12-28-27(15-22)34-30(25-14-21(3)31(38)33-17-25)36(28)19-23-16-29(37)35(4)18-23/h10,12,14-15,17,20,23-24,26H,5-9,11,13,16,18-19H2,1-4H3,(H,33,38)/t23?,24-/m0/s1. The molecule has 0 bridgehead atoms. The van der Waals surface area contributed by atoms with Crippen molar-refractivity contribution in [2.75, 3.05) is 13.6 Å². The Kier molecular flexibility index (Phi) is 8.43. The zero-order valence-electron chi connectivity index (χ0n) is 24.2. The van der Waals surface area contributed by atoms with E-state index in [1.54, 1.807) is 18.0 Å². The molecule has 3 aromatic rings. The molecule has 8 heteroatoms. The van der Waals surface area contributed by atoms with Gasteiger partial charge in [-0.05, 0) is 81.5 Å². The quantitative estimate of drug-likeness (QED) is 0.350. The number of carbonyl (C=O) groups excluding carboxylic acids is 2. The molecule has 1 aliphatic carbocycles. The van der Waals surface area contributed by atoms with Gasteiger partial charge in [0.1, 0.15) is 11.9 Å². The summed E-state index contributed by atoms with van der Waals surface area (Å²) in [5.74, 6) is 1.42. The molecule has 40 heavy (non-hydrogen) atoms. The highest BCUT2D eigenvalue weighted by atomic mass is 16.5. The van der Waals surface area contributed by atoms with Crippen LogP contribution in [0.5, 0.6) is 0 Å². The maximum atomic E-state index is 13.0. The Bertz CT molecular complexity index is 1430. The van der Waals surface area contributed by atoms with E-state index in [0.29, 0.717) is 24.4 Å². The summed E-state index contributed by atoms with van der Waals surface area (Å²) in [5, 5.41) is 0. The van der Waals surface area contributed by atoms with Crippen LogP contribution in [0.4, 0.5) is 0 Å². The van der Waals surface area contributed by atoms with Crippen LogP contribution < -0.4 is 5.56 Å². The fourth-order valence-electron chi connectivity index (χ4n) is 6.31. The van der Waals surface area contributed by atoms with E-state index in [1.807, 2.05) is 13.1 Å². The lowest BCUT2D eigenvalue weighted by Crippen LogP contribution is -2.24. The molecule has 1 saturated carbocycles. The molecule has 1 unspecified atom stereocenters. The Morgan fingerprint density at radius 3 is 2.62 bits per heavy atom. The lowest BCUT2D eigenvalue weighted by molar-refractivity contribution is -0.154. The second-order valence-corrected chi connectivity index (χ2v) is 12.3. The molecule has 1 aromatic carbocycles. The van der Waals surface area contributed by atoms with Crippen LogP contribution in [-0.2, 0) is 27.3 Å². The van der Waals surface area contributed by atoms with E-state index in [-0.39, 0.29) is 35.4 Å². The van der Waals surface area contributed by atoms with Crippen molar-refractivity contribution in [1.82, 2.24) is 19.4 Å². The van der Waals surface area contributed by atoms with Crippen molar-refractivity contribution in [3.8, 4) is 11.4 Å². The van der Waals surface area contributed by atoms with Gasteiger partial charge in [0.2, 0.25) is 5.91 Å². The van der Waals surface area contributed by atoms with Gasteiger partial charge in [-0.3, -0.25) is 14.4 Å². The maximum Gasteiger partial charge on any atom is 0.309 e. The van der Waals surface area contributed by atoms with Crippen LogP contribution in [0.25, 0.3) is 22.4 Å². The first-order chi connectivity index (χ1) is 19.2. The van der Waals surface area contributed by atoms with Gasteiger partial charge in [0, 0.05) is 49.8 Å². The summed E-state index contributed by atoms with van der Waals surface area (Å²) in [6.07, 6.45) is 8.94. The zero-order valence-corrected chi connectivity index (χ0v) is 24.2. The summed E-state index contributed by atoms with van der Waals surface area (Å²) in [6.45, 7) is 7.50. The number of nitrogens with zero attached hydrogens (tertiary/aromatic N) is 3. The van der Waals surface area contributed by atoms with E-state index in [1.165, 1.54) is 0 Å². The molecule has 214 valence electrons. The number of likely N-dealkylation sites (tertiary alicyclic amines) is 1. The lowest BCUT2D eigenvalue weighted by Gasteiger charge is -2.20. The molecular formula is C32H42N4O4. The summed E-state index contributed by atoms with van der Waals surface area (Å²) in [6, 6.07) is 8.22. The number of amides is 1. The number of aromatic amines is 1. The normalized spacial score (nSPS) is 18.8. The third kappa shape index (κ3) is 6.31. The average molecular weight is 547 g/mol. The molecule has 1 aliphatic heterocycles. The third-order valence-electron chi connectivity index (χ3n) is 8.48. The average Bonchev–Trinajstić information content (AvgIpc) is 3.63. The molecular weight excluding hydrogens is 504 g/mol. The Hall–Kier alpha value is -3.42. The van der Waals surface area contributed by atoms with Crippen LogP contribution in [0.1, 0.15) is 69.9 Å². The third-order valence-corrected chi connectivity index (χ3v) is 8.48. The first-order valence-electron chi connectivity index (χ1n) is 14.8. The van der Waals surface area contributed by atoms with Gasteiger partial charge in [-0.1, -0.05) is 19.9 Å². The van der Waals surface area contributed by atoms with Crippen LogP contribution in [0.15, 0.2) is 35.3 Å². The topological polar surface area (TPSA) is 97.3 Å². The minimum Gasteiger partial charge on any atom is -0.462 e. The predicted octanol–water partition coefficient (Wildman–Crippen LogP) is 5.26. The van der Waals surface area contributed by atoms with Crippen LogP contribution >= 0.6 is 0 Å². The Balaban J connectivity index is 1.40. The number of aromatic nitrogens is 3. The number of aryl methyl sites for hydroxylation is 2. The van der Waals surface area contributed by atoms with E-state index in [9.17, 15) is 14.4 Å². The SMILES string of the molecule is Cc1cc(-c2nc3cc(CC[C@@H](CC(C)C)C(=O)OC4CCCC4)ccc3n2CC2CC(=O)N(C)C2)c[nH]c1=O. The second kappa shape index (κ2) is 12.0. The number of nitrogens with one attached hydrogen (secondary N) is 1. The van der Waals surface area contributed by atoms with E-state index in [2.05, 4.69) is 41.6 Å². The summed E-state index contributed by atoms with van der Waals surface area (Å²) in [5.41, 5.74) is 4.39. The number of rotatable bonds is 10. The van der Waals surface area contributed by atoms with Gasteiger partial charge in [-0.15, -0.1) is 0 Å². The number of carbonyl (C=O) groups is 2. The molecule has 0 radical (unpaired) electrons. The molecule has 0 spiro atoms. The maximum absolute atomic E-state index is 13.0. The minimum atomic E-state index is -0.112. The number of fused-ring (bicyclic) bond motifs is 1. The van der Waals surface area contributed by atoms with E-state index >= 15 is 0 Å². The summed E-state index contributed by atoms with van der Waals surface area (Å²) in [7, 11) is 1.85. The molecule has 1 saturated heterocycles. The predicted molar refractivity (Wildman–Crippen MR) is 156 cm³/mol. The fraction of sp³-hybridized carbons (Fsp3) is 0.562. The van der Waals surface area contributed by atoms with Crippen LogP contribution in [-0.4, -0.2) is 51.0 Å². The highest BCUT2D eigenvalue weighted by Gasteiger charge is 2.29. The van der Waals surface area contributed by atoms with Crippen molar-refractivity contribution < 1.29 is 14.3 Å². The summed E-state index contributed by atoms with van der Waals surface area (Å²) >= 11 is 0. The van der Waals surface area contributed by atoms with Crippen molar-refractivity contribution in [1.29, 1.82) is 0 Å². The molecule has 2 aromatic heterocycles. The summed E-state index contributed by atoms with van der Waals surface area (Å²) < 4.78 is 8.07. The number of hydrogen-bond acceptors (Lipinski definition) is 5. The highest BCUT2D eigenvalue weighted by molar-refractivity contribution is 5.82. The van der Waals surface area contributed by atoms with E-state index in [4.69, 9.17) is 9.72 Å². The van der Waals surface area contributed by atoms with Gasteiger partial charge < -0.3 is 19.2 Å². The zero-order chi connectivity index (χ0) is 28.4. The van der Waals surface area contributed by atoms with Gasteiger partial charge in [0.05, 0.1) is 17.0 Å². The van der Waals surface area contributed by atoms with Gasteiger partial charge in [0.15, 0.2) is 0 Å². The number of imidazole rings is 1. The summed E-state index contributed by atoms with van der Waals surface area (Å²) in [4.78, 5) is 46.9. The number of hydrogen-bond donors (Lipinski definition) is 1. The van der Waals surface area contributed by atoms with Crippen molar-refractivity contribution in [2.45, 2.75) is 84.8 Å². The molecule has 8 nitrogen and oxygen atoms in total. The van der Waals surface area contributed by atoms with Gasteiger partial charge >= 0.3 is 5.97 Å². The number of ether oxygens (including phenoxy) is 1. The van der Waals surface area contributed by atoms with Crippen LogP contribution in [0, 0.1) is 24.7 Å². The number of esters is 1. The molecule has 1 amide bonds. The van der Waals surface area contributed by atoms with Crippen molar-refractivity contribution in [3.63, 3.8) is 0 Å². The Morgan fingerprint density at radius 1 is 1.18 bits per heavy atom.